The lowest BCUT2D eigenvalue weighted by molar-refractivity contribution is 0.490. The van der Waals surface area contributed by atoms with E-state index in [9.17, 15) is 0 Å². The van der Waals surface area contributed by atoms with E-state index in [0.717, 1.165) is 51.4 Å². The molecule has 0 radical (unpaired) electrons. The number of hydrogen-bond donors (Lipinski definition) is 10. The van der Waals surface area contributed by atoms with E-state index in [1.54, 1.807) is 0 Å². The lowest BCUT2D eigenvalue weighted by Gasteiger charge is -2.18. The Morgan fingerprint density at radius 3 is 1.14 bits per heavy atom. The van der Waals surface area contributed by atoms with Crippen LogP contribution in [0.5, 0.6) is 0 Å². The van der Waals surface area contributed by atoms with Gasteiger partial charge in [0.1, 0.15) is 0 Å². The first-order valence-corrected chi connectivity index (χ1v) is 12.9. The van der Waals surface area contributed by atoms with Crippen molar-refractivity contribution in [2.45, 2.75) is 105 Å². The van der Waals surface area contributed by atoms with Crippen LogP contribution in [0.15, 0.2) is 0 Å². The van der Waals surface area contributed by atoms with Gasteiger partial charge in [-0.05, 0) is 64.2 Å². The van der Waals surface area contributed by atoms with E-state index in [2.05, 4.69) is 73.4 Å². The van der Waals surface area contributed by atoms with Gasteiger partial charge in [-0.1, -0.05) is 40.5 Å². The zero-order chi connectivity index (χ0) is 25.9. The van der Waals surface area contributed by atoms with Crippen molar-refractivity contribution in [1.29, 1.82) is 21.6 Å². The van der Waals surface area contributed by atoms with Crippen LogP contribution in [0.1, 0.15) is 92.9 Å². The van der Waals surface area contributed by atoms with Crippen LogP contribution in [0, 0.1) is 33.5 Å². The van der Waals surface area contributed by atoms with Crippen LogP contribution in [0.4, 0.5) is 0 Å². The fourth-order valence-electron chi connectivity index (χ4n) is 3.24. The molecule has 2 atom stereocenters. The molecule has 0 saturated carbocycles. The topological polar surface area (TPSA) is 168 Å². The molecule has 0 spiro atoms. The van der Waals surface area contributed by atoms with E-state index >= 15 is 0 Å². The molecule has 0 amide bonds. The minimum absolute atomic E-state index is 0. The number of unbranched alkanes of at least 4 members (excludes halogenated alkanes) is 3. The Labute approximate surface area is 231 Å². The summed E-state index contributed by atoms with van der Waals surface area (Å²) < 4.78 is 0. The molecule has 0 bridgehead atoms. The van der Waals surface area contributed by atoms with Crippen LogP contribution in [0.25, 0.3) is 0 Å². The van der Waals surface area contributed by atoms with E-state index in [4.69, 9.17) is 21.6 Å². The van der Waals surface area contributed by atoms with Gasteiger partial charge < -0.3 is 21.3 Å². The number of rotatable bonds is 15. The fraction of sp³-hybridized carbons (Fsp3) is 0.833. The highest BCUT2D eigenvalue weighted by atomic mass is 35.5. The zero-order valence-electron chi connectivity index (χ0n) is 23.2. The Hall–Kier alpha value is -1.94. The third-order valence-corrected chi connectivity index (χ3v) is 5.34. The maximum atomic E-state index is 7.92. The highest BCUT2D eigenvalue weighted by Gasteiger charge is 2.08. The van der Waals surface area contributed by atoms with Crippen molar-refractivity contribution in [2.24, 2.45) is 11.8 Å². The molecule has 0 aliphatic heterocycles. The van der Waals surface area contributed by atoms with Gasteiger partial charge in [0.2, 0.25) is 0 Å². The molecule has 0 heterocycles. The van der Waals surface area contributed by atoms with Gasteiger partial charge in [-0.2, -0.15) is 0 Å². The Morgan fingerprint density at radius 1 is 0.500 bits per heavy atom. The minimum atomic E-state index is 0. The number of hydrogen-bond acceptors (Lipinski definition) is 4. The molecule has 0 fully saturated rings. The van der Waals surface area contributed by atoms with Crippen molar-refractivity contribution in [3.63, 3.8) is 0 Å². The molecule has 214 valence electrons. The summed E-state index contributed by atoms with van der Waals surface area (Å²) in [5, 5.41) is 49.3. The maximum Gasteiger partial charge on any atom is 0.195 e. The summed E-state index contributed by atoms with van der Waals surface area (Å²) in [6, 6.07) is 0.418. The van der Waals surface area contributed by atoms with E-state index in [1.165, 1.54) is 0 Å². The molecule has 12 heteroatoms. The number of nitrogens with one attached hydrogen (secondary N) is 10. The molecule has 0 aromatic carbocycles. The van der Waals surface area contributed by atoms with Gasteiger partial charge in [0.15, 0.2) is 23.8 Å². The van der Waals surface area contributed by atoms with Crippen LogP contribution in [0.2, 0.25) is 0 Å². The number of halogens is 2. The summed E-state index contributed by atoms with van der Waals surface area (Å²) in [7, 11) is 0. The average Bonchev–Trinajstić information content (AvgIpc) is 2.72. The van der Waals surface area contributed by atoms with E-state index in [1.807, 2.05) is 0 Å². The summed E-state index contributed by atoms with van der Waals surface area (Å²) in [5.74, 6) is 1.90. The summed E-state index contributed by atoms with van der Waals surface area (Å²) >= 11 is 0. The molecular weight excluding hydrogens is 499 g/mol. The monoisotopic (exact) mass is 552 g/mol. The van der Waals surface area contributed by atoms with Gasteiger partial charge in [0.25, 0.3) is 0 Å². The van der Waals surface area contributed by atoms with E-state index < -0.39 is 0 Å². The smallest absolute Gasteiger partial charge is 0.195 e. The largest absolute Gasteiger partial charge is 0.356 e. The van der Waals surface area contributed by atoms with Crippen LogP contribution in [0.3, 0.4) is 0 Å². The molecule has 10 nitrogen and oxygen atoms in total. The van der Waals surface area contributed by atoms with Gasteiger partial charge in [-0.3, -0.25) is 32.3 Å². The molecule has 36 heavy (non-hydrogen) atoms. The third kappa shape index (κ3) is 25.2. The van der Waals surface area contributed by atoms with Crippen LogP contribution in [-0.2, 0) is 0 Å². The standard InChI is InChI=1S/C24H52N10.2ClH/c1-17(2)11-13-19(5)31-23(27)33-21(25)29-15-9-7-8-10-16-30-22(26)34-24(28)32-20(6)14-12-18(3)4;;/h17-20H,7-16H2,1-6H3,(H5,25,27,29,31,33)(H5,26,28,30,32,34);2*1H. The molecule has 0 aromatic rings. The van der Waals surface area contributed by atoms with Crippen molar-refractivity contribution in [3.8, 4) is 0 Å². The van der Waals surface area contributed by atoms with E-state index in [0.29, 0.717) is 24.9 Å². The van der Waals surface area contributed by atoms with Crippen molar-refractivity contribution < 1.29 is 0 Å². The quantitative estimate of drug-likeness (QED) is 0.0823. The highest BCUT2D eigenvalue weighted by molar-refractivity contribution is 5.96. The predicted molar refractivity (Wildman–Crippen MR) is 159 cm³/mol. The first-order valence-electron chi connectivity index (χ1n) is 12.9. The Kier molecular flexibility index (Phi) is 25.1. The second kappa shape index (κ2) is 23.5. The molecule has 0 aliphatic carbocycles. The van der Waals surface area contributed by atoms with Crippen LogP contribution in [-0.4, -0.2) is 49.0 Å². The Bertz CT molecular complexity index is 562. The SMILES string of the molecule is CC(C)CCC(C)NC(=N)NC(=N)NCCCCCCNC(=N)NC(=N)NC(C)CCC(C)C.Cl.Cl. The summed E-state index contributed by atoms with van der Waals surface area (Å²) in [5.41, 5.74) is 0. The third-order valence-electron chi connectivity index (χ3n) is 5.34. The number of guanidine groups is 4. The first kappa shape index (κ1) is 38.6. The summed E-state index contributed by atoms with van der Waals surface area (Å²) in [6.45, 7) is 14.2. The first-order chi connectivity index (χ1) is 16.0. The molecule has 0 saturated heterocycles. The highest BCUT2D eigenvalue weighted by Crippen LogP contribution is 2.06. The normalized spacial score (nSPS) is 11.9. The summed E-state index contributed by atoms with van der Waals surface area (Å²) in [4.78, 5) is 0. The van der Waals surface area contributed by atoms with Gasteiger partial charge in [0.05, 0.1) is 0 Å². The van der Waals surface area contributed by atoms with Crippen LogP contribution >= 0.6 is 24.8 Å². The Morgan fingerprint density at radius 2 is 0.833 bits per heavy atom. The van der Waals surface area contributed by atoms with Crippen molar-refractivity contribution in [2.75, 3.05) is 13.1 Å². The molecular formula is C24H54Cl2N10. The second-order valence-electron chi connectivity index (χ2n) is 10.1. The lowest BCUT2D eigenvalue weighted by Crippen LogP contribution is -2.48. The lowest BCUT2D eigenvalue weighted by atomic mass is 10.0. The van der Waals surface area contributed by atoms with Crippen molar-refractivity contribution >= 4 is 48.7 Å². The average molecular weight is 554 g/mol. The molecule has 0 aromatic heterocycles. The van der Waals surface area contributed by atoms with Gasteiger partial charge in [0, 0.05) is 25.2 Å². The van der Waals surface area contributed by atoms with Crippen LogP contribution < -0.4 is 31.9 Å². The fourth-order valence-corrected chi connectivity index (χ4v) is 3.24. The minimum Gasteiger partial charge on any atom is -0.356 e. The molecule has 0 rings (SSSR count). The van der Waals surface area contributed by atoms with Crippen molar-refractivity contribution in [1.82, 2.24) is 31.9 Å². The summed E-state index contributed by atoms with van der Waals surface area (Å²) in [6.07, 6.45) is 8.16. The molecule has 0 aliphatic rings. The zero-order valence-corrected chi connectivity index (χ0v) is 24.8. The second-order valence-corrected chi connectivity index (χ2v) is 10.1. The van der Waals surface area contributed by atoms with Gasteiger partial charge in [-0.25, -0.2) is 0 Å². The van der Waals surface area contributed by atoms with Crippen molar-refractivity contribution in [3.05, 3.63) is 0 Å². The van der Waals surface area contributed by atoms with E-state index in [-0.39, 0.29) is 60.7 Å². The van der Waals surface area contributed by atoms with Gasteiger partial charge in [-0.15, -0.1) is 24.8 Å². The van der Waals surface area contributed by atoms with Gasteiger partial charge >= 0.3 is 0 Å². The predicted octanol–water partition coefficient (Wildman–Crippen LogP) is 4.32. The molecule has 2 unspecified atom stereocenters. The molecule has 10 N–H and O–H groups in total. The Balaban J connectivity index is -0.00000544. The maximum absolute atomic E-state index is 7.92.